The molecule has 0 bridgehead atoms. The average Bonchev–Trinajstić information content (AvgIpc) is 2.70. The SMILES string of the molecule is O=S(=O)(NCC1CCCC1Br)c1c(F)cc(F)cc1F. The zero-order valence-electron chi connectivity index (χ0n) is 10.4. The fraction of sp³-hybridized carbons (Fsp3) is 0.500. The number of sulfonamides is 1. The standard InChI is InChI=1S/C12H13BrF3NO2S/c13-9-3-1-2-7(9)6-17-20(18,19)12-10(15)4-8(14)5-11(12)16/h4-5,7,9,17H,1-3,6H2. The van der Waals surface area contributed by atoms with Gasteiger partial charge in [-0.2, -0.15) is 0 Å². The normalized spacial score (nSPS) is 23.2. The molecule has 8 heteroatoms. The van der Waals surface area contributed by atoms with Gasteiger partial charge in [-0.3, -0.25) is 0 Å². The van der Waals surface area contributed by atoms with Crippen LogP contribution in [-0.2, 0) is 10.0 Å². The quantitative estimate of drug-likeness (QED) is 0.827. The molecule has 0 aliphatic heterocycles. The molecule has 2 rings (SSSR count). The van der Waals surface area contributed by atoms with Gasteiger partial charge in [0.2, 0.25) is 10.0 Å². The molecular weight excluding hydrogens is 359 g/mol. The number of halogens is 4. The molecule has 1 aromatic rings. The molecule has 1 saturated carbocycles. The number of hydrogen-bond acceptors (Lipinski definition) is 2. The van der Waals surface area contributed by atoms with Crippen LogP contribution in [0, 0.1) is 23.4 Å². The van der Waals surface area contributed by atoms with Crippen LogP contribution in [0.1, 0.15) is 19.3 Å². The van der Waals surface area contributed by atoms with Crippen molar-refractivity contribution in [1.29, 1.82) is 0 Å². The molecule has 3 nitrogen and oxygen atoms in total. The van der Waals surface area contributed by atoms with E-state index in [1.54, 1.807) is 0 Å². The van der Waals surface area contributed by atoms with E-state index in [0.717, 1.165) is 19.3 Å². The van der Waals surface area contributed by atoms with E-state index >= 15 is 0 Å². The Morgan fingerprint density at radius 1 is 1.20 bits per heavy atom. The smallest absolute Gasteiger partial charge is 0.211 e. The predicted molar refractivity (Wildman–Crippen MR) is 71.6 cm³/mol. The zero-order valence-corrected chi connectivity index (χ0v) is 12.8. The first kappa shape index (κ1) is 15.8. The third kappa shape index (κ3) is 3.35. The van der Waals surface area contributed by atoms with Crippen molar-refractivity contribution >= 4 is 26.0 Å². The van der Waals surface area contributed by atoms with Crippen molar-refractivity contribution in [3.05, 3.63) is 29.6 Å². The summed E-state index contributed by atoms with van der Waals surface area (Å²) in [6.07, 6.45) is 2.75. The van der Waals surface area contributed by atoms with Crippen LogP contribution < -0.4 is 4.72 Å². The van der Waals surface area contributed by atoms with Gasteiger partial charge in [0.25, 0.3) is 0 Å². The summed E-state index contributed by atoms with van der Waals surface area (Å²) in [5.41, 5.74) is 0. The van der Waals surface area contributed by atoms with Crippen molar-refractivity contribution in [3.8, 4) is 0 Å². The third-order valence-electron chi connectivity index (χ3n) is 3.33. The highest BCUT2D eigenvalue weighted by molar-refractivity contribution is 9.09. The molecule has 1 aliphatic carbocycles. The second-order valence-electron chi connectivity index (χ2n) is 4.76. The van der Waals surface area contributed by atoms with E-state index < -0.39 is 32.4 Å². The molecule has 1 fully saturated rings. The Bertz CT molecular complexity index is 586. The summed E-state index contributed by atoms with van der Waals surface area (Å²) in [5, 5.41) is 0. The first-order valence-corrected chi connectivity index (χ1v) is 8.49. The summed E-state index contributed by atoms with van der Waals surface area (Å²) in [7, 11) is -4.34. The van der Waals surface area contributed by atoms with Crippen molar-refractivity contribution in [2.75, 3.05) is 6.54 Å². The second-order valence-corrected chi connectivity index (χ2v) is 7.64. The predicted octanol–water partition coefficient (Wildman–Crippen LogP) is 2.95. The molecule has 0 spiro atoms. The lowest BCUT2D eigenvalue weighted by Gasteiger charge is -2.15. The molecule has 1 aliphatic rings. The number of nitrogens with one attached hydrogen (secondary N) is 1. The first-order valence-electron chi connectivity index (χ1n) is 6.09. The molecule has 0 heterocycles. The largest absolute Gasteiger partial charge is 0.246 e. The number of alkyl halides is 1. The summed E-state index contributed by atoms with van der Waals surface area (Å²) < 4.78 is 65.8. The molecular formula is C12H13BrF3NO2S. The summed E-state index contributed by atoms with van der Waals surface area (Å²) in [6.45, 7) is 0.0918. The Morgan fingerprint density at radius 2 is 1.80 bits per heavy atom. The molecule has 20 heavy (non-hydrogen) atoms. The maximum absolute atomic E-state index is 13.5. The summed E-state index contributed by atoms with van der Waals surface area (Å²) >= 11 is 3.43. The van der Waals surface area contributed by atoms with E-state index in [2.05, 4.69) is 20.7 Å². The summed E-state index contributed by atoms with van der Waals surface area (Å²) in [6, 6.07) is 0.695. The number of rotatable bonds is 4. The van der Waals surface area contributed by atoms with Gasteiger partial charge in [0, 0.05) is 23.5 Å². The van der Waals surface area contributed by atoms with E-state index in [9.17, 15) is 21.6 Å². The van der Waals surface area contributed by atoms with Crippen LogP contribution in [0.5, 0.6) is 0 Å². The fourth-order valence-electron chi connectivity index (χ4n) is 2.30. The second kappa shape index (κ2) is 6.03. The Balaban J connectivity index is 2.18. The lowest BCUT2D eigenvalue weighted by molar-refractivity contribution is 0.487. The minimum atomic E-state index is -4.34. The molecule has 2 unspecified atom stereocenters. The van der Waals surface area contributed by atoms with Gasteiger partial charge in [-0.25, -0.2) is 26.3 Å². The summed E-state index contributed by atoms with van der Waals surface area (Å²) in [5.74, 6) is -3.94. The van der Waals surface area contributed by atoms with Crippen LogP contribution in [0.2, 0.25) is 0 Å². The van der Waals surface area contributed by atoms with Crippen molar-refractivity contribution in [2.24, 2.45) is 5.92 Å². The molecule has 2 atom stereocenters. The van der Waals surface area contributed by atoms with Crippen molar-refractivity contribution in [3.63, 3.8) is 0 Å². The summed E-state index contributed by atoms with van der Waals surface area (Å²) in [4.78, 5) is -0.948. The van der Waals surface area contributed by atoms with E-state index in [0.29, 0.717) is 12.1 Å². The molecule has 0 amide bonds. The fourth-order valence-corrected chi connectivity index (χ4v) is 4.28. The van der Waals surface area contributed by atoms with E-state index in [1.807, 2.05) is 0 Å². The van der Waals surface area contributed by atoms with Crippen LogP contribution >= 0.6 is 15.9 Å². The average molecular weight is 372 g/mol. The minimum Gasteiger partial charge on any atom is -0.211 e. The van der Waals surface area contributed by atoms with Gasteiger partial charge < -0.3 is 0 Å². The maximum atomic E-state index is 13.5. The van der Waals surface area contributed by atoms with Crippen LogP contribution in [0.3, 0.4) is 0 Å². The molecule has 112 valence electrons. The monoisotopic (exact) mass is 371 g/mol. The third-order valence-corrected chi connectivity index (χ3v) is 6.01. The zero-order chi connectivity index (χ0) is 14.9. The van der Waals surface area contributed by atoms with Crippen molar-refractivity contribution in [2.45, 2.75) is 29.0 Å². The van der Waals surface area contributed by atoms with Gasteiger partial charge >= 0.3 is 0 Å². The van der Waals surface area contributed by atoms with Crippen LogP contribution in [0.4, 0.5) is 13.2 Å². The van der Waals surface area contributed by atoms with E-state index in [4.69, 9.17) is 0 Å². The van der Waals surface area contributed by atoms with E-state index in [-0.39, 0.29) is 17.3 Å². The molecule has 0 aromatic heterocycles. The van der Waals surface area contributed by atoms with Gasteiger partial charge in [-0.15, -0.1) is 0 Å². The Morgan fingerprint density at radius 3 is 2.30 bits per heavy atom. The van der Waals surface area contributed by atoms with Crippen LogP contribution in [0.15, 0.2) is 17.0 Å². The lowest BCUT2D eigenvalue weighted by atomic mass is 10.1. The van der Waals surface area contributed by atoms with Gasteiger partial charge in [-0.1, -0.05) is 22.4 Å². The topological polar surface area (TPSA) is 46.2 Å². The van der Waals surface area contributed by atoms with Crippen molar-refractivity contribution in [1.82, 2.24) is 4.72 Å². The van der Waals surface area contributed by atoms with Crippen LogP contribution in [0.25, 0.3) is 0 Å². The lowest BCUT2D eigenvalue weighted by Crippen LogP contribution is -2.32. The Labute approximate surface area is 123 Å². The molecule has 1 aromatic carbocycles. The van der Waals surface area contributed by atoms with Gasteiger partial charge in [-0.05, 0) is 18.8 Å². The Hall–Kier alpha value is -0.600. The van der Waals surface area contributed by atoms with Gasteiger partial charge in [0.15, 0.2) is 4.90 Å². The van der Waals surface area contributed by atoms with Crippen molar-refractivity contribution < 1.29 is 21.6 Å². The number of benzene rings is 1. The molecule has 0 saturated heterocycles. The van der Waals surface area contributed by atoms with Crippen LogP contribution in [-0.4, -0.2) is 19.8 Å². The number of hydrogen-bond donors (Lipinski definition) is 1. The van der Waals surface area contributed by atoms with Gasteiger partial charge in [0.1, 0.15) is 17.5 Å². The minimum absolute atomic E-state index is 0.0799. The Kier molecular flexibility index (Phi) is 4.76. The maximum Gasteiger partial charge on any atom is 0.246 e. The highest BCUT2D eigenvalue weighted by atomic mass is 79.9. The first-order chi connectivity index (χ1) is 9.31. The highest BCUT2D eigenvalue weighted by Crippen LogP contribution is 2.31. The molecule has 0 radical (unpaired) electrons. The highest BCUT2D eigenvalue weighted by Gasteiger charge is 2.29. The van der Waals surface area contributed by atoms with E-state index in [1.165, 1.54) is 0 Å². The molecule has 1 N–H and O–H groups in total. The van der Waals surface area contributed by atoms with Gasteiger partial charge in [0.05, 0.1) is 0 Å².